The van der Waals surface area contributed by atoms with Crippen molar-refractivity contribution >= 4 is 21.8 Å². The third kappa shape index (κ3) is 2.48. The number of hydrogen-bond donors (Lipinski definition) is 0. The molecule has 0 radical (unpaired) electrons. The van der Waals surface area contributed by atoms with Gasteiger partial charge in [0.2, 0.25) is 0 Å². The van der Waals surface area contributed by atoms with E-state index in [1.807, 2.05) is 23.7 Å². The van der Waals surface area contributed by atoms with Crippen molar-refractivity contribution in [3.63, 3.8) is 0 Å². The summed E-state index contributed by atoms with van der Waals surface area (Å²) in [5, 5.41) is 1.80. The summed E-state index contributed by atoms with van der Waals surface area (Å²) in [6, 6.07) is 16.3. The molecule has 4 aromatic rings. The van der Waals surface area contributed by atoms with Crippen molar-refractivity contribution in [3.8, 4) is 11.1 Å². The lowest BCUT2D eigenvalue weighted by molar-refractivity contribution is -0.137. The number of rotatable bonds is 1. The number of hydrogen-bond acceptors (Lipinski definition) is 0. The van der Waals surface area contributed by atoms with E-state index in [9.17, 15) is 13.2 Å². The van der Waals surface area contributed by atoms with Crippen LogP contribution in [0.1, 0.15) is 16.7 Å². The van der Waals surface area contributed by atoms with Gasteiger partial charge in [0.05, 0.1) is 5.56 Å². The Labute approximate surface area is 149 Å². The Kier molecular flexibility index (Phi) is 3.62. The van der Waals surface area contributed by atoms with Crippen LogP contribution in [-0.4, -0.2) is 4.57 Å². The van der Waals surface area contributed by atoms with E-state index < -0.39 is 11.7 Å². The highest BCUT2D eigenvalue weighted by molar-refractivity contribution is 6.09. The molecule has 0 saturated heterocycles. The maximum Gasteiger partial charge on any atom is 0.416 e. The van der Waals surface area contributed by atoms with Gasteiger partial charge in [-0.3, -0.25) is 0 Å². The fourth-order valence-electron chi connectivity index (χ4n) is 3.81. The summed E-state index contributed by atoms with van der Waals surface area (Å²) in [6.45, 7) is 4.15. The Hall–Kier alpha value is -2.75. The Bertz CT molecular complexity index is 1130. The first-order valence-corrected chi connectivity index (χ1v) is 8.43. The zero-order chi connectivity index (χ0) is 18.6. The van der Waals surface area contributed by atoms with Crippen LogP contribution in [0.5, 0.6) is 0 Å². The second kappa shape index (κ2) is 5.63. The SMILES string of the molecule is Cc1cccc(C)c1-c1ccc2c3ccc(C(F)(F)F)cc3n(C)c2c1. The summed E-state index contributed by atoms with van der Waals surface area (Å²) >= 11 is 0. The van der Waals surface area contributed by atoms with Crippen molar-refractivity contribution in [1.29, 1.82) is 0 Å². The zero-order valence-corrected chi connectivity index (χ0v) is 14.8. The molecule has 1 aromatic heterocycles. The van der Waals surface area contributed by atoms with Crippen LogP contribution in [0.4, 0.5) is 13.2 Å². The van der Waals surface area contributed by atoms with Crippen molar-refractivity contribution in [1.82, 2.24) is 4.57 Å². The molecule has 0 unspecified atom stereocenters. The smallest absolute Gasteiger partial charge is 0.344 e. The second-order valence-corrected chi connectivity index (χ2v) is 6.79. The minimum Gasteiger partial charge on any atom is -0.344 e. The quantitative estimate of drug-likeness (QED) is 0.362. The minimum absolute atomic E-state index is 0.591. The van der Waals surface area contributed by atoms with Gasteiger partial charge in [-0.2, -0.15) is 13.2 Å². The van der Waals surface area contributed by atoms with Gasteiger partial charge in [-0.25, -0.2) is 0 Å². The van der Waals surface area contributed by atoms with Crippen molar-refractivity contribution in [2.75, 3.05) is 0 Å². The van der Waals surface area contributed by atoms with Gasteiger partial charge in [0.25, 0.3) is 0 Å². The lowest BCUT2D eigenvalue weighted by atomic mass is 9.95. The van der Waals surface area contributed by atoms with Gasteiger partial charge in [-0.1, -0.05) is 36.4 Å². The highest BCUT2D eigenvalue weighted by atomic mass is 19.4. The number of aromatic nitrogens is 1. The van der Waals surface area contributed by atoms with Crippen LogP contribution in [0.3, 0.4) is 0 Å². The van der Waals surface area contributed by atoms with E-state index in [4.69, 9.17) is 0 Å². The Morgan fingerprint density at radius 1 is 0.769 bits per heavy atom. The normalized spacial score (nSPS) is 12.2. The summed E-state index contributed by atoms with van der Waals surface area (Å²) in [5.41, 5.74) is 5.52. The van der Waals surface area contributed by atoms with E-state index in [-0.39, 0.29) is 0 Å². The largest absolute Gasteiger partial charge is 0.416 e. The number of alkyl halides is 3. The maximum absolute atomic E-state index is 13.1. The van der Waals surface area contributed by atoms with Gasteiger partial charge in [-0.05, 0) is 54.3 Å². The molecule has 0 amide bonds. The zero-order valence-electron chi connectivity index (χ0n) is 14.8. The summed E-state index contributed by atoms with van der Waals surface area (Å²) in [6.07, 6.45) is -4.34. The summed E-state index contributed by atoms with van der Waals surface area (Å²) in [5.74, 6) is 0. The number of benzene rings is 3. The molecule has 0 aliphatic rings. The Balaban J connectivity index is 2.00. The summed E-state index contributed by atoms with van der Waals surface area (Å²) in [7, 11) is 1.82. The van der Waals surface area contributed by atoms with E-state index in [1.165, 1.54) is 22.8 Å². The molecule has 0 aliphatic heterocycles. The molecular weight excluding hydrogens is 335 g/mol. The lowest BCUT2D eigenvalue weighted by Crippen LogP contribution is -2.04. The molecule has 1 heterocycles. The fraction of sp³-hybridized carbons (Fsp3) is 0.182. The van der Waals surface area contributed by atoms with E-state index in [1.54, 1.807) is 6.07 Å². The van der Waals surface area contributed by atoms with Crippen LogP contribution in [0.25, 0.3) is 32.9 Å². The highest BCUT2D eigenvalue weighted by Crippen LogP contribution is 2.37. The molecule has 0 N–H and O–H groups in total. The van der Waals surface area contributed by atoms with Crippen molar-refractivity contribution in [2.24, 2.45) is 7.05 Å². The number of nitrogens with zero attached hydrogens (tertiary/aromatic N) is 1. The Morgan fingerprint density at radius 3 is 1.96 bits per heavy atom. The molecule has 132 valence electrons. The summed E-state index contributed by atoms with van der Waals surface area (Å²) in [4.78, 5) is 0. The van der Waals surface area contributed by atoms with Gasteiger partial charge in [0.1, 0.15) is 0 Å². The molecule has 0 bridgehead atoms. The topological polar surface area (TPSA) is 4.93 Å². The van der Waals surface area contributed by atoms with E-state index in [0.29, 0.717) is 5.52 Å². The molecule has 26 heavy (non-hydrogen) atoms. The van der Waals surface area contributed by atoms with Crippen LogP contribution in [0.2, 0.25) is 0 Å². The monoisotopic (exact) mass is 353 g/mol. The number of fused-ring (bicyclic) bond motifs is 3. The van der Waals surface area contributed by atoms with Crippen LogP contribution >= 0.6 is 0 Å². The first-order valence-electron chi connectivity index (χ1n) is 8.43. The van der Waals surface area contributed by atoms with E-state index in [2.05, 4.69) is 38.1 Å². The van der Waals surface area contributed by atoms with Gasteiger partial charge < -0.3 is 4.57 Å². The predicted octanol–water partition coefficient (Wildman–Crippen LogP) is 6.63. The molecule has 0 atom stereocenters. The molecule has 4 rings (SSSR count). The van der Waals surface area contributed by atoms with Gasteiger partial charge in [0, 0.05) is 28.9 Å². The highest BCUT2D eigenvalue weighted by Gasteiger charge is 2.31. The molecule has 0 spiro atoms. The Morgan fingerprint density at radius 2 is 1.35 bits per heavy atom. The average Bonchev–Trinajstić information content (AvgIpc) is 2.86. The van der Waals surface area contributed by atoms with Crippen molar-refractivity contribution in [3.05, 3.63) is 71.3 Å². The van der Waals surface area contributed by atoms with Crippen LogP contribution in [-0.2, 0) is 13.2 Å². The average molecular weight is 353 g/mol. The van der Waals surface area contributed by atoms with Crippen LogP contribution in [0, 0.1) is 13.8 Å². The number of aryl methyl sites for hydroxylation is 3. The van der Waals surface area contributed by atoms with Gasteiger partial charge in [0.15, 0.2) is 0 Å². The predicted molar refractivity (Wildman–Crippen MR) is 100 cm³/mol. The molecular formula is C22H18F3N. The third-order valence-corrected chi connectivity index (χ3v) is 5.11. The molecule has 4 heteroatoms. The first kappa shape index (κ1) is 16.7. The standard InChI is InChI=1S/C22H18F3N/c1-13-5-4-6-14(2)21(13)15-7-9-17-18-10-8-16(22(23,24)25)12-20(18)26(3)19(17)11-15/h4-12H,1-3H3. The van der Waals surface area contributed by atoms with Crippen LogP contribution < -0.4 is 0 Å². The molecule has 1 nitrogen and oxygen atoms in total. The molecule has 0 aliphatic carbocycles. The van der Waals surface area contributed by atoms with Crippen molar-refractivity contribution in [2.45, 2.75) is 20.0 Å². The molecule has 3 aromatic carbocycles. The van der Waals surface area contributed by atoms with Gasteiger partial charge >= 0.3 is 6.18 Å². The number of halogens is 3. The fourth-order valence-corrected chi connectivity index (χ4v) is 3.81. The lowest BCUT2D eigenvalue weighted by Gasteiger charge is -2.10. The first-order chi connectivity index (χ1) is 12.3. The molecule has 0 saturated carbocycles. The summed E-state index contributed by atoms with van der Waals surface area (Å²) < 4.78 is 41.0. The van der Waals surface area contributed by atoms with E-state index >= 15 is 0 Å². The third-order valence-electron chi connectivity index (χ3n) is 5.11. The molecule has 0 fully saturated rings. The van der Waals surface area contributed by atoms with E-state index in [0.717, 1.165) is 27.9 Å². The maximum atomic E-state index is 13.1. The van der Waals surface area contributed by atoms with Crippen molar-refractivity contribution < 1.29 is 13.2 Å². The van der Waals surface area contributed by atoms with Crippen LogP contribution in [0.15, 0.2) is 54.6 Å². The van der Waals surface area contributed by atoms with Gasteiger partial charge in [-0.15, -0.1) is 0 Å². The second-order valence-electron chi connectivity index (χ2n) is 6.79. The minimum atomic E-state index is -4.34.